The Morgan fingerprint density at radius 3 is 2.68 bits per heavy atom. The van der Waals surface area contributed by atoms with Crippen molar-refractivity contribution in [2.75, 3.05) is 22.5 Å². The SMILES string of the molecule is Cc1cc(C)c2c(n1)SCCN2C(=O)Nc1cccc(C(=O)NC2CCC(C)CC2)c1. The highest BCUT2D eigenvalue weighted by Gasteiger charge is 2.26. The standard InChI is InChI=1S/C24H30N4O2S/c1-15-7-9-19(10-8-15)26-22(29)18-5-4-6-20(14-18)27-24(30)28-11-12-31-23-21(28)16(2)13-17(3)25-23/h4-6,13-15,19H,7-12H2,1-3H3,(H,26,29)(H,27,30). The van der Waals surface area contributed by atoms with Gasteiger partial charge in [-0.2, -0.15) is 0 Å². The quantitative estimate of drug-likeness (QED) is 0.695. The zero-order valence-corrected chi connectivity index (χ0v) is 19.2. The van der Waals surface area contributed by atoms with E-state index in [1.807, 2.05) is 32.0 Å². The summed E-state index contributed by atoms with van der Waals surface area (Å²) in [5.41, 5.74) is 4.06. The smallest absolute Gasteiger partial charge is 0.326 e. The fourth-order valence-electron chi connectivity index (χ4n) is 4.38. The Labute approximate surface area is 188 Å². The van der Waals surface area contributed by atoms with Crippen LogP contribution in [0.25, 0.3) is 0 Å². The van der Waals surface area contributed by atoms with E-state index >= 15 is 0 Å². The molecule has 0 spiro atoms. The van der Waals surface area contributed by atoms with Gasteiger partial charge >= 0.3 is 6.03 Å². The largest absolute Gasteiger partial charge is 0.349 e. The Kier molecular flexibility index (Phi) is 6.51. The van der Waals surface area contributed by atoms with Crippen molar-refractivity contribution in [2.45, 2.75) is 57.5 Å². The van der Waals surface area contributed by atoms with Gasteiger partial charge in [-0.15, -0.1) is 11.8 Å². The van der Waals surface area contributed by atoms with Crippen molar-refractivity contribution >= 4 is 35.1 Å². The monoisotopic (exact) mass is 438 g/mol. The van der Waals surface area contributed by atoms with E-state index in [0.717, 1.165) is 59.3 Å². The number of aromatic nitrogens is 1. The van der Waals surface area contributed by atoms with Crippen LogP contribution in [0.4, 0.5) is 16.2 Å². The van der Waals surface area contributed by atoms with Gasteiger partial charge in [0.15, 0.2) is 0 Å². The van der Waals surface area contributed by atoms with E-state index in [0.29, 0.717) is 17.8 Å². The number of carbonyl (C=O) groups is 2. The maximum absolute atomic E-state index is 13.1. The van der Waals surface area contributed by atoms with E-state index < -0.39 is 0 Å². The number of aryl methyl sites for hydroxylation is 2. The molecule has 2 heterocycles. The molecule has 0 atom stereocenters. The number of nitrogens with zero attached hydrogens (tertiary/aromatic N) is 2. The van der Waals surface area contributed by atoms with Crippen molar-refractivity contribution in [1.82, 2.24) is 10.3 Å². The molecule has 1 saturated carbocycles. The van der Waals surface area contributed by atoms with Gasteiger partial charge in [-0.1, -0.05) is 13.0 Å². The minimum atomic E-state index is -0.200. The van der Waals surface area contributed by atoms with Crippen LogP contribution in [0.3, 0.4) is 0 Å². The van der Waals surface area contributed by atoms with Crippen LogP contribution in [0.2, 0.25) is 0 Å². The molecule has 4 rings (SSSR count). The summed E-state index contributed by atoms with van der Waals surface area (Å²) in [6.45, 7) is 6.87. The van der Waals surface area contributed by atoms with Gasteiger partial charge in [0, 0.05) is 35.3 Å². The normalized spacial score (nSPS) is 20.7. The number of carbonyl (C=O) groups excluding carboxylic acids is 2. The molecule has 0 saturated heterocycles. The summed E-state index contributed by atoms with van der Waals surface area (Å²) in [7, 11) is 0. The molecule has 2 aromatic rings. The number of nitrogens with one attached hydrogen (secondary N) is 2. The third-order valence-corrected chi connectivity index (χ3v) is 7.02. The predicted octanol–water partition coefficient (Wildman–Crippen LogP) is 5.15. The lowest BCUT2D eigenvalue weighted by Gasteiger charge is -2.30. The molecular formula is C24H30N4O2S. The Bertz CT molecular complexity index is 986. The minimum absolute atomic E-state index is 0.0779. The van der Waals surface area contributed by atoms with Crippen molar-refractivity contribution in [1.29, 1.82) is 0 Å². The molecule has 0 bridgehead atoms. The third kappa shape index (κ3) is 5.03. The number of rotatable bonds is 3. The lowest BCUT2D eigenvalue weighted by Crippen LogP contribution is -2.39. The molecule has 2 aliphatic rings. The number of hydrogen-bond acceptors (Lipinski definition) is 4. The average Bonchev–Trinajstić information content (AvgIpc) is 2.75. The molecule has 0 unspecified atom stereocenters. The van der Waals surface area contributed by atoms with E-state index in [9.17, 15) is 9.59 Å². The second-order valence-electron chi connectivity index (χ2n) is 8.68. The minimum Gasteiger partial charge on any atom is -0.349 e. The molecule has 1 aliphatic carbocycles. The Hall–Kier alpha value is -2.54. The Morgan fingerprint density at radius 1 is 1.13 bits per heavy atom. The first-order chi connectivity index (χ1) is 14.9. The Balaban J connectivity index is 1.45. The highest BCUT2D eigenvalue weighted by Crippen LogP contribution is 2.36. The molecule has 2 N–H and O–H groups in total. The van der Waals surface area contributed by atoms with E-state index in [1.165, 1.54) is 0 Å². The maximum atomic E-state index is 13.1. The first kappa shape index (κ1) is 21.7. The second-order valence-corrected chi connectivity index (χ2v) is 9.76. The van der Waals surface area contributed by atoms with Gasteiger partial charge in [0.05, 0.1) is 5.69 Å². The fraction of sp³-hybridized carbons (Fsp3) is 0.458. The first-order valence-corrected chi connectivity index (χ1v) is 12.0. The molecule has 1 fully saturated rings. The van der Waals surface area contributed by atoms with Crippen molar-refractivity contribution in [3.8, 4) is 0 Å². The van der Waals surface area contributed by atoms with Crippen LogP contribution in [-0.4, -0.2) is 35.3 Å². The van der Waals surface area contributed by atoms with E-state index in [1.54, 1.807) is 28.8 Å². The van der Waals surface area contributed by atoms with Crippen LogP contribution in [-0.2, 0) is 0 Å². The summed E-state index contributed by atoms with van der Waals surface area (Å²) in [6, 6.07) is 9.21. The van der Waals surface area contributed by atoms with Crippen LogP contribution in [0, 0.1) is 19.8 Å². The van der Waals surface area contributed by atoms with E-state index in [2.05, 4.69) is 22.5 Å². The van der Waals surface area contributed by atoms with Gasteiger partial charge in [-0.3, -0.25) is 9.69 Å². The number of benzene rings is 1. The van der Waals surface area contributed by atoms with Crippen molar-refractivity contribution in [2.24, 2.45) is 5.92 Å². The summed E-state index contributed by atoms with van der Waals surface area (Å²) < 4.78 is 0. The molecule has 1 aromatic heterocycles. The summed E-state index contributed by atoms with van der Waals surface area (Å²) in [4.78, 5) is 32.2. The number of fused-ring (bicyclic) bond motifs is 1. The molecule has 1 aliphatic heterocycles. The lowest BCUT2D eigenvalue weighted by molar-refractivity contribution is 0.0923. The van der Waals surface area contributed by atoms with Crippen LogP contribution in [0.1, 0.15) is 54.2 Å². The van der Waals surface area contributed by atoms with E-state index in [-0.39, 0.29) is 18.0 Å². The topological polar surface area (TPSA) is 74.3 Å². The number of anilines is 2. The van der Waals surface area contributed by atoms with Crippen molar-refractivity contribution in [3.05, 3.63) is 47.2 Å². The van der Waals surface area contributed by atoms with Crippen LogP contribution >= 0.6 is 11.8 Å². The van der Waals surface area contributed by atoms with Crippen molar-refractivity contribution in [3.63, 3.8) is 0 Å². The van der Waals surface area contributed by atoms with Gasteiger partial charge in [0.1, 0.15) is 5.03 Å². The highest BCUT2D eigenvalue weighted by atomic mass is 32.2. The average molecular weight is 439 g/mol. The van der Waals surface area contributed by atoms with Gasteiger partial charge in [-0.05, 0) is 75.3 Å². The fourth-order valence-corrected chi connectivity index (χ4v) is 5.46. The zero-order chi connectivity index (χ0) is 22.0. The molecule has 1 aromatic carbocycles. The van der Waals surface area contributed by atoms with Gasteiger partial charge in [0.25, 0.3) is 5.91 Å². The van der Waals surface area contributed by atoms with Gasteiger partial charge < -0.3 is 10.6 Å². The molecule has 31 heavy (non-hydrogen) atoms. The second kappa shape index (κ2) is 9.30. The summed E-state index contributed by atoms with van der Waals surface area (Å²) in [5, 5.41) is 7.02. The number of pyridine rings is 1. The first-order valence-electron chi connectivity index (χ1n) is 11.0. The van der Waals surface area contributed by atoms with Crippen molar-refractivity contribution < 1.29 is 9.59 Å². The molecule has 7 heteroatoms. The summed E-state index contributed by atoms with van der Waals surface area (Å²) >= 11 is 1.68. The highest BCUT2D eigenvalue weighted by molar-refractivity contribution is 7.99. The number of amides is 3. The summed E-state index contributed by atoms with van der Waals surface area (Å²) in [6.07, 6.45) is 4.38. The molecule has 6 nitrogen and oxygen atoms in total. The third-order valence-electron chi connectivity index (χ3n) is 6.08. The Morgan fingerprint density at radius 2 is 1.90 bits per heavy atom. The number of hydrogen-bond donors (Lipinski definition) is 2. The van der Waals surface area contributed by atoms with Crippen LogP contribution < -0.4 is 15.5 Å². The molecule has 164 valence electrons. The zero-order valence-electron chi connectivity index (χ0n) is 18.4. The van der Waals surface area contributed by atoms with Crippen LogP contribution in [0.15, 0.2) is 35.4 Å². The number of urea groups is 1. The molecule has 3 amide bonds. The summed E-state index contributed by atoms with van der Waals surface area (Å²) in [5.74, 6) is 1.47. The number of thioether (sulfide) groups is 1. The predicted molar refractivity (Wildman–Crippen MR) is 126 cm³/mol. The lowest BCUT2D eigenvalue weighted by atomic mass is 9.87. The van der Waals surface area contributed by atoms with Gasteiger partial charge in [0.2, 0.25) is 0 Å². The molecular weight excluding hydrogens is 408 g/mol. The van der Waals surface area contributed by atoms with Crippen LogP contribution in [0.5, 0.6) is 0 Å². The van der Waals surface area contributed by atoms with Gasteiger partial charge in [-0.25, -0.2) is 9.78 Å². The maximum Gasteiger partial charge on any atom is 0.326 e. The molecule has 0 radical (unpaired) electrons. The van der Waals surface area contributed by atoms with E-state index in [4.69, 9.17) is 0 Å².